The van der Waals surface area contributed by atoms with E-state index in [2.05, 4.69) is 5.32 Å². The van der Waals surface area contributed by atoms with Gasteiger partial charge in [-0.05, 0) is 51.0 Å². The lowest BCUT2D eigenvalue weighted by atomic mass is 10.00. The molecule has 6 heteroatoms. The van der Waals surface area contributed by atoms with E-state index in [9.17, 15) is 9.90 Å². The molecule has 2 aromatic rings. The molecule has 30 heavy (non-hydrogen) atoms. The zero-order valence-corrected chi connectivity index (χ0v) is 18.0. The smallest absolute Gasteiger partial charge is 0.410 e. The van der Waals surface area contributed by atoms with Crippen molar-refractivity contribution in [3.63, 3.8) is 0 Å². The van der Waals surface area contributed by atoms with Crippen LogP contribution in [0.1, 0.15) is 37.5 Å². The summed E-state index contributed by atoms with van der Waals surface area (Å²) in [5.41, 5.74) is 4.40. The number of aryl methyl sites for hydroxylation is 1. The second-order valence-corrected chi connectivity index (χ2v) is 8.51. The molecule has 3 N–H and O–H groups in total. The summed E-state index contributed by atoms with van der Waals surface area (Å²) >= 11 is 0. The Hall–Kier alpha value is -3.28. The summed E-state index contributed by atoms with van der Waals surface area (Å²) in [5, 5.41) is 21.7. The first-order valence-corrected chi connectivity index (χ1v) is 10.0. The SMILES string of the molecule is Cc1ccccc1/C(NCc1cccc(O)c1)=C1\CN(C(=O)OC(C)(C)C)CC1=N. The Morgan fingerprint density at radius 3 is 2.57 bits per heavy atom. The van der Waals surface area contributed by atoms with E-state index >= 15 is 0 Å². The zero-order chi connectivity index (χ0) is 21.9. The molecule has 1 amide bonds. The number of phenolic OH excluding ortho intramolecular Hbond substituents is 1. The van der Waals surface area contributed by atoms with Crippen LogP contribution >= 0.6 is 0 Å². The van der Waals surface area contributed by atoms with Gasteiger partial charge in [-0.2, -0.15) is 0 Å². The highest BCUT2D eigenvalue weighted by atomic mass is 16.6. The standard InChI is InChI=1S/C24H29N3O3/c1-16-8-5-6-11-19(16)22(26-13-17-9-7-10-18(28)12-17)20-14-27(15-21(20)25)23(29)30-24(2,3)4/h5-12,25-26,28H,13-15H2,1-4H3/b22-20-,25-21?. The number of nitrogens with zero attached hydrogens (tertiary/aromatic N) is 1. The van der Waals surface area contributed by atoms with Crippen molar-refractivity contribution in [1.29, 1.82) is 5.41 Å². The minimum absolute atomic E-state index is 0.212. The van der Waals surface area contributed by atoms with Gasteiger partial charge in [-0.15, -0.1) is 0 Å². The Balaban J connectivity index is 1.92. The minimum atomic E-state index is -0.585. The molecule has 0 aromatic heterocycles. The number of carbonyl (C=O) groups excluding carboxylic acids is 1. The average Bonchev–Trinajstić information content (AvgIpc) is 3.04. The monoisotopic (exact) mass is 407 g/mol. The topological polar surface area (TPSA) is 85.7 Å². The van der Waals surface area contributed by atoms with Crippen LogP contribution in [0.25, 0.3) is 5.70 Å². The largest absolute Gasteiger partial charge is 0.508 e. The quantitative estimate of drug-likeness (QED) is 0.698. The number of nitrogens with one attached hydrogen (secondary N) is 2. The molecular weight excluding hydrogens is 378 g/mol. The van der Waals surface area contributed by atoms with Crippen LogP contribution in [-0.2, 0) is 11.3 Å². The third-order valence-electron chi connectivity index (χ3n) is 4.81. The van der Waals surface area contributed by atoms with Gasteiger partial charge < -0.3 is 20.6 Å². The fraction of sp³-hybridized carbons (Fsp3) is 0.333. The molecule has 1 aliphatic rings. The Morgan fingerprint density at radius 2 is 1.90 bits per heavy atom. The molecule has 0 aliphatic carbocycles. The van der Waals surface area contributed by atoms with Crippen LogP contribution in [0.5, 0.6) is 5.75 Å². The van der Waals surface area contributed by atoms with Gasteiger partial charge in [0.25, 0.3) is 0 Å². The average molecular weight is 408 g/mol. The van der Waals surface area contributed by atoms with E-state index in [4.69, 9.17) is 10.1 Å². The Labute approximate surface area is 177 Å². The number of amides is 1. The number of phenols is 1. The van der Waals surface area contributed by atoms with Crippen molar-refractivity contribution in [3.8, 4) is 5.75 Å². The maximum atomic E-state index is 12.5. The van der Waals surface area contributed by atoms with Crippen LogP contribution < -0.4 is 5.32 Å². The summed E-state index contributed by atoms with van der Waals surface area (Å²) in [7, 11) is 0. The first-order chi connectivity index (χ1) is 14.1. The van der Waals surface area contributed by atoms with Gasteiger partial charge in [-0.25, -0.2) is 4.79 Å². The molecule has 1 fully saturated rings. The first-order valence-electron chi connectivity index (χ1n) is 10.0. The predicted molar refractivity (Wildman–Crippen MR) is 119 cm³/mol. The van der Waals surface area contributed by atoms with Gasteiger partial charge >= 0.3 is 6.09 Å². The Kier molecular flexibility index (Phi) is 6.15. The molecule has 1 aliphatic heterocycles. The lowest BCUT2D eigenvalue weighted by molar-refractivity contribution is 0.0309. The van der Waals surface area contributed by atoms with Gasteiger partial charge in [0.2, 0.25) is 0 Å². The molecule has 6 nitrogen and oxygen atoms in total. The maximum absolute atomic E-state index is 12.5. The highest BCUT2D eigenvalue weighted by Crippen LogP contribution is 2.26. The molecule has 0 unspecified atom stereocenters. The second-order valence-electron chi connectivity index (χ2n) is 8.51. The van der Waals surface area contributed by atoms with Crippen LogP contribution in [0.2, 0.25) is 0 Å². The summed E-state index contributed by atoms with van der Waals surface area (Å²) in [6.07, 6.45) is -0.417. The van der Waals surface area contributed by atoms with Gasteiger partial charge in [0.05, 0.1) is 18.8 Å². The van der Waals surface area contributed by atoms with E-state index in [0.29, 0.717) is 18.8 Å². The van der Waals surface area contributed by atoms with E-state index in [1.165, 1.54) is 0 Å². The number of rotatable bonds is 4. The molecule has 0 bridgehead atoms. The Morgan fingerprint density at radius 1 is 1.17 bits per heavy atom. The lowest BCUT2D eigenvalue weighted by Gasteiger charge is -2.24. The summed E-state index contributed by atoms with van der Waals surface area (Å²) < 4.78 is 5.49. The van der Waals surface area contributed by atoms with Crippen molar-refractivity contribution in [1.82, 2.24) is 10.2 Å². The van der Waals surface area contributed by atoms with Crippen molar-refractivity contribution < 1.29 is 14.6 Å². The number of likely N-dealkylation sites (tertiary alicyclic amines) is 1. The molecule has 0 atom stereocenters. The van der Waals surface area contributed by atoms with Gasteiger partial charge in [-0.3, -0.25) is 4.90 Å². The highest BCUT2D eigenvalue weighted by molar-refractivity contribution is 6.09. The second kappa shape index (κ2) is 8.61. The van der Waals surface area contributed by atoms with E-state index in [-0.39, 0.29) is 12.3 Å². The van der Waals surface area contributed by atoms with E-state index in [1.54, 1.807) is 23.1 Å². The number of benzene rings is 2. The molecule has 1 saturated heterocycles. The first kappa shape index (κ1) is 21.4. The molecule has 0 saturated carbocycles. The molecular formula is C24H29N3O3. The van der Waals surface area contributed by atoms with Crippen LogP contribution in [0, 0.1) is 12.3 Å². The zero-order valence-electron chi connectivity index (χ0n) is 18.0. The van der Waals surface area contributed by atoms with Crippen LogP contribution in [0.4, 0.5) is 4.79 Å². The van der Waals surface area contributed by atoms with Crippen molar-refractivity contribution in [3.05, 3.63) is 70.8 Å². The van der Waals surface area contributed by atoms with Gasteiger partial charge in [0.1, 0.15) is 11.4 Å². The van der Waals surface area contributed by atoms with Crippen LogP contribution in [-0.4, -0.2) is 40.5 Å². The maximum Gasteiger partial charge on any atom is 0.410 e. The normalized spacial score (nSPS) is 15.9. The van der Waals surface area contributed by atoms with Crippen molar-refractivity contribution in [2.45, 2.75) is 39.8 Å². The molecule has 0 radical (unpaired) electrons. The summed E-state index contributed by atoms with van der Waals surface area (Å²) in [6.45, 7) is 8.53. The summed E-state index contributed by atoms with van der Waals surface area (Å²) in [6, 6.07) is 15.0. The fourth-order valence-electron chi connectivity index (χ4n) is 3.39. The van der Waals surface area contributed by atoms with E-state index in [1.807, 2.05) is 58.0 Å². The van der Waals surface area contributed by atoms with E-state index < -0.39 is 11.7 Å². The summed E-state index contributed by atoms with van der Waals surface area (Å²) in [4.78, 5) is 14.1. The molecule has 2 aromatic carbocycles. The van der Waals surface area contributed by atoms with Gasteiger partial charge in [0.15, 0.2) is 0 Å². The van der Waals surface area contributed by atoms with Crippen molar-refractivity contribution in [2.75, 3.05) is 13.1 Å². The van der Waals surface area contributed by atoms with Crippen molar-refractivity contribution >= 4 is 17.5 Å². The number of hydrogen-bond acceptors (Lipinski definition) is 5. The summed E-state index contributed by atoms with van der Waals surface area (Å²) in [5.74, 6) is 0.212. The van der Waals surface area contributed by atoms with Gasteiger partial charge in [0, 0.05) is 23.4 Å². The molecule has 3 rings (SSSR count). The van der Waals surface area contributed by atoms with Crippen LogP contribution in [0.15, 0.2) is 54.1 Å². The number of carbonyl (C=O) groups is 1. The number of hydrogen-bond donors (Lipinski definition) is 3. The predicted octanol–water partition coefficient (Wildman–Crippen LogP) is 4.47. The molecule has 158 valence electrons. The highest BCUT2D eigenvalue weighted by Gasteiger charge is 2.32. The Bertz CT molecular complexity index is 989. The number of ether oxygens (including phenoxy) is 1. The van der Waals surface area contributed by atoms with E-state index in [0.717, 1.165) is 28.0 Å². The van der Waals surface area contributed by atoms with Gasteiger partial charge in [-0.1, -0.05) is 36.4 Å². The minimum Gasteiger partial charge on any atom is -0.508 e. The van der Waals surface area contributed by atoms with Crippen molar-refractivity contribution in [2.24, 2.45) is 0 Å². The molecule has 1 heterocycles. The third kappa shape index (κ3) is 5.20. The lowest BCUT2D eigenvalue weighted by Crippen LogP contribution is -2.35. The fourth-order valence-corrected chi connectivity index (χ4v) is 3.39. The number of aromatic hydroxyl groups is 1. The third-order valence-corrected chi connectivity index (χ3v) is 4.81. The van der Waals surface area contributed by atoms with Crippen LogP contribution in [0.3, 0.4) is 0 Å². The molecule has 0 spiro atoms.